The Morgan fingerprint density at radius 2 is 2.15 bits per heavy atom. The number of amides is 1. The van der Waals surface area contributed by atoms with Gasteiger partial charge in [-0.3, -0.25) is 4.79 Å². The summed E-state index contributed by atoms with van der Waals surface area (Å²) in [5, 5.41) is 7.20. The maximum absolute atomic E-state index is 12.2. The average Bonchev–Trinajstić information content (AvgIpc) is 2.94. The molecule has 2 aromatic rings. The molecule has 1 saturated heterocycles. The minimum Gasteiger partial charge on any atom is -0.378 e. The molecule has 104 valence electrons. The Balaban J connectivity index is 1.78. The lowest BCUT2D eigenvalue weighted by molar-refractivity contribution is 0.0776. The van der Waals surface area contributed by atoms with Crippen LogP contribution in [0.2, 0.25) is 0 Å². The van der Waals surface area contributed by atoms with E-state index < -0.39 is 0 Å². The van der Waals surface area contributed by atoms with Crippen molar-refractivity contribution in [3.63, 3.8) is 0 Å². The summed E-state index contributed by atoms with van der Waals surface area (Å²) in [7, 11) is 1.66. The van der Waals surface area contributed by atoms with Crippen LogP contribution >= 0.6 is 0 Å². The van der Waals surface area contributed by atoms with Gasteiger partial charge in [0.15, 0.2) is 0 Å². The molecule has 0 spiro atoms. The maximum Gasteiger partial charge on any atom is 0.270 e. The molecule has 1 aromatic carbocycles. The van der Waals surface area contributed by atoms with Crippen LogP contribution in [-0.2, 0) is 4.74 Å². The van der Waals surface area contributed by atoms with Crippen molar-refractivity contribution in [1.29, 1.82) is 0 Å². The maximum atomic E-state index is 12.2. The lowest BCUT2D eigenvalue weighted by atomic mass is 10.2. The molecule has 20 heavy (non-hydrogen) atoms. The van der Waals surface area contributed by atoms with E-state index in [0.717, 1.165) is 24.0 Å². The predicted molar refractivity (Wildman–Crippen MR) is 76.7 cm³/mol. The van der Waals surface area contributed by atoms with Crippen molar-refractivity contribution in [2.45, 2.75) is 12.1 Å². The van der Waals surface area contributed by atoms with Gasteiger partial charge in [-0.1, -0.05) is 24.3 Å². The second kappa shape index (κ2) is 5.56. The molecule has 0 aliphatic carbocycles. The van der Waals surface area contributed by atoms with E-state index in [9.17, 15) is 4.79 Å². The van der Waals surface area contributed by atoms with Gasteiger partial charge in [-0.05, 0) is 12.1 Å². The number of methoxy groups -OCH3 is 1. The highest BCUT2D eigenvalue weighted by Gasteiger charge is 2.28. The van der Waals surface area contributed by atoms with Crippen LogP contribution in [0.1, 0.15) is 10.5 Å². The van der Waals surface area contributed by atoms with Crippen LogP contribution in [0.15, 0.2) is 36.4 Å². The fourth-order valence-electron chi connectivity index (χ4n) is 2.48. The third-order valence-corrected chi connectivity index (χ3v) is 3.61. The molecule has 1 aliphatic heterocycles. The van der Waals surface area contributed by atoms with Crippen LogP contribution in [0.3, 0.4) is 0 Å². The van der Waals surface area contributed by atoms with Gasteiger partial charge in [-0.2, -0.15) is 0 Å². The fourth-order valence-corrected chi connectivity index (χ4v) is 2.48. The standard InChI is InChI=1S/C15H17N3O2/c1-20-14-9-16-8-13(14)18-15(19)12-7-6-10-4-2-3-5-11(10)17-12/h2-7,13-14,16H,8-9H2,1H3,(H,18,19)/t13?,14-/m0/s1. The van der Waals surface area contributed by atoms with Crippen LogP contribution in [-0.4, -0.2) is 43.2 Å². The van der Waals surface area contributed by atoms with E-state index >= 15 is 0 Å². The number of hydrogen-bond acceptors (Lipinski definition) is 4. The summed E-state index contributed by atoms with van der Waals surface area (Å²) in [6.45, 7) is 1.48. The largest absolute Gasteiger partial charge is 0.378 e. The first-order valence-electron chi connectivity index (χ1n) is 6.68. The summed E-state index contributed by atoms with van der Waals surface area (Å²) in [6, 6.07) is 11.4. The van der Waals surface area contributed by atoms with E-state index in [1.807, 2.05) is 30.3 Å². The van der Waals surface area contributed by atoms with Gasteiger partial charge in [-0.25, -0.2) is 4.98 Å². The number of pyridine rings is 1. The van der Waals surface area contributed by atoms with Crippen molar-refractivity contribution in [3.05, 3.63) is 42.1 Å². The second-order valence-electron chi connectivity index (χ2n) is 4.90. The summed E-state index contributed by atoms with van der Waals surface area (Å²) in [4.78, 5) is 16.6. The molecule has 0 saturated carbocycles. The number of rotatable bonds is 3. The lowest BCUT2D eigenvalue weighted by Gasteiger charge is -2.18. The topological polar surface area (TPSA) is 63.2 Å². The highest BCUT2D eigenvalue weighted by molar-refractivity contribution is 5.95. The Bertz CT molecular complexity index is 629. The molecule has 2 heterocycles. The Morgan fingerprint density at radius 1 is 1.30 bits per heavy atom. The Labute approximate surface area is 117 Å². The molecule has 1 unspecified atom stereocenters. The fraction of sp³-hybridized carbons (Fsp3) is 0.333. The summed E-state index contributed by atoms with van der Waals surface area (Å²) in [5.74, 6) is -0.161. The molecule has 0 radical (unpaired) electrons. The van der Waals surface area contributed by atoms with Crippen molar-refractivity contribution >= 4 is 16.8 Å². The number of aromatic nitrogens is 1. The number of carbonyl (C=O) groups excluding carboxylic acids is 1. The molecule has 1 fully saturated rings. The summed E-state index contributed by atoms with van der Waals surface area (Å²) >= 11 is 0. The molecule has 0 bridgehead atoms. The van der Waals surface area contributed by atoms with Gasteiger partial charge < -0.3 is 15.4 Å². The quantitative estimate of drug-likeness (QED) is 0.872. The molecule has 1 aliphatic rings. The van der Waals surface area contributed by atoms with E-state index in [2.05, 4.69) is 15.6 Å². The zero-order valence-electron chi connectivity index (χ0n) is 11.3. The van der Waals surface area contributed by atoms with E-state index in [4.69, 9.17) is 4.74 Å². The van der Waals surface area contributed by atoms with Crippen LogP contribution in [0.5, 0.6) is 0 Å². The molecule has 5 heteroatoms. The molecular formula is C15H17N3O2. The monoisotopic (exact) mass is 271 g/mol. The third-order valence-electron chi connectivity index (χ3n) is 3.61. The van der Waals surface area contributed by atoms with Gasteiger partial charge in [0.2, 0.25) is 0 Å². The number of hydrogen-bond donors (Lipinski definition) is 2. The van der Waals surface area contributed by atoms with Crippen molar-refractivity contribution in [1.82, 2.24) is 15.6 Å². The smallest absolute Gasteiger partial charge is 0.270 e. The van der Waals surface area contributed by atoms with Crippen LogP contribution in [0.4, 0.5) is 0 Å². The van der Waals surface area contributed by atoms with Crippen molar-refractivity contribution < 1.29 is 9.53 Å². The third kappa shape index (κ3) is 2.50. The number of nitrogens with zero attached hydrogens (tertiary/aromatic N) is 1. The molecule has 5 nitrogen and oxygen atoms in total. The van der Waals surface area contributed by atoms with Crippen LogP contribution < -0.4 is 10.6 Å². The van der Waals surface area contributed by atoms with Crippen molar-refractivity contribution in [2.24, 2.45) is 0 Å². The summed E-state index contributed by atoms with van der Waals surface area (Å²) in [5.41, 5.74) is 1.26. The van der Waals surface area contributed by atoms with Gasteiger partial charge in [0.1, 0.15) is 5.69 Å². The zero-order chi connectivity index (χ0) is 13.9. The summed E-state index contributed by atoms with van der Waals surface area (Å²) < 4.78 is 5.33. The van der Waals surface area contributed by atoms with Gasteiger partial charge >= 0.3 is 0 Å². The number of nitrogens with one attached hydrogen (secondary N) is 2. The number of ether oxygens (including phenoxy) is 1. The molecule has 1 aromatic heterocycles. The molecule has 2 N–H and O–H groups in total. The first kappa shape index (κ1) is 13.0. The Hall–Kier alpha value is -1.98. The first-order chi connectivity index (χ1) is 9.78. The number of para-hydroxylation sites is 1. The normalized spacial score (nSPS) is 22.1. The molecule has 1 amide bonds. The van der Waals surface area contributed by atoms with Gasteiger partial charge in [0.25, 0.3) is 5.91 Å². The second-order valence-corrected chi connectivity index (χ2v) is 4.90. The first-order valence-corrected chi connectivity index (χ1v) is 6.68. The van der Waals surface area contributed by atoms with E-state index in [1.165, 1.54) is 0 Å². The number of carbonyl (C=O) groups is 1. The molecule has 3 rings (SSSR count). The number of fused-ring (bicyclic) bond motifs is 1. The van der Waals surface area contributed by atoms with Gasteiger partial charge in [0, 0.05) is 25.6 Å². The van der Waals surface area contributed by atoms with E-state index in [-0.39, 0.29) is 18.1 Å². The van der Waals surface area contributed by atoms with E-state index in [0.29, 0.717) is 5.69 Å². The Morgan fingerprint density at radius 3 is 3.00 bits per heavy atom. The predicted octanol–water partition coefficient (Wildman–Crippen LogP) is 0.951. The zero-order valence-corrected chi connectivity index (χ0v) is 11.3. The molecule has 2 atom stereocenters. The minimum absolute atomic E-state index is 0.0132. The van der Waals surface area contributed by atoms with Crippen LogP contribution in [0, 0.1) is 0 Å². The van der Waals surface area contributed by atoms with Crippen LogP contribution in [0.25, 0.3) is 10.9 Å². The van der Waals surface area contributed by atoms with Crippen molar-refractivity contribution in [2.75, 3.05) is 20.2 Å². The minimum atomic E-state index is -0.161. The number of benzene rings is 1. The Kier molecular flexibility index (Phi) is 3.62. The van der Waals surface area contributed by atoms with Crippen molar-refractivity contribution in [3.8, 4) is 0 Å². The average molecular weight is 271 g/mol. The highest BCUT2D eigenvalue weighted by atomic mass is 16.5. The SMILES string of the molecule is CO[C@H]1CNCC1NC(=O)c1ccc2ccccc2n1. The summed E-state index contributed by atoms with van der Waals surface area (Å²) in [6.07, 6.45) is 0.0133. The highest BCUT2D eigenvalue weighted by Crippen LogP contribution is 2.12. The van der Waals surface area contributed by atoms with Gasteiger partial charge in [0.05, 0.1) is 17.7 Å². The lowest BCUT2D eigenvalue weighted by Crippen LogP contribution is -2.43. The van der Waals surface area contributed by atoms with Gasteiger partial charge in [-0.15, -0.1) is 0 Å². The van der Waals surface area contributed by atoms with E-state index in [1.54, 1.807) is 13.2 Å². The molecular weight excluding hydrogens is 254 g/mol.